The van der Waals surface area contributed by atoms with Gasteiger partial charge in [-0.05, 0) is 6.42 Å². The summed E-state index contributed by atoms with van der Waals surface area (Å²) < 4.78 is 0. The molecule has 1 fully saturated rings. The minimum Gasteiger partial charge on any atom is -0.846 e. The van der Waals surface area contributed by atoms with E-state index >= 15 is 0 Å². The first-order valence-electron chi connectivity index (χ1n) is 2.99. The minimum atomic E-state index is -0.885. The van der Waals surface area contributed by atoms with Gasteiger partial charge in [0.15, 0.2) is 0 Å². The van der Waals surface area contributed by atoms with Gasteiger partial charge in [-0.1, -0.05) is 18.9 Å². The Kier molecular flexibility index (Phi) is 1.63. The molecule has 2 heteroatoms. The number of rotatable bonds is 0. The van der Waals surface area contributed by atoms with Crippen LogP contribution in [0.2, 0.25) is 0 Å². The summed E-state index contributed by atoms with van der Waals surface area (Å²) in [5.74, 6) is -0.0868. The van der Waals surface area contributed by atoms with Gasteiger partial charge >= 0.3 is 0 Å². The molecule has 0 aliphatic heterocycles. The van der Waals surface area contributed by atoms with E-state index in [1.54, 1.807) is 0 Å². The van der Waals surface area contributed by atoms with Gasteiger partial charge in [0.25, 0.3) is 0 Å². The van der Waals surface area contributed by atoms with Crippen molar-refractivity contribution in [3.63, 3.8) is 0 Å². The zero-order chi connectivity index (χ0) is 5.98. The van der Waals surface area contributed by atoms with Crippen LogP contribution in [-0.2, 0) is 4.79 Å². The van der Waals surface area contributed by atoms with E-state index in [1.807, 2.05) is 0 Å². The Hall–Kier alpha value is -0.370. The van der Waals surface area contributed by atoms with E-state index in [0.717, 1.165) is 12.8 Å². The Bertz CT molecular complexity index is 98.7. The van der Waals surface area contributed by atoms with Crippen LogP contribution in [0.5, 0.6) is 0 Å². The van der Waals surface area contributed by atoms with E-state index in [9.17, 15) is 9.90 Å². The summed E-state index contributed by atoms with van der Waals surface area (Å²) in [7, 11) is 0. The van der Waals surface area contributed by atoms with E-state index in [-0.39, 0.29) is 5.78 Å². The summed E-state index contributed by atoms with van der Waals surface area (Å²) in [5, 5.41) is 10.5. The lowest BCUT2D eigenvalue weighted by Crippen LogP contribution is -2.36. The highest BCUT2D eigenvalue weighted by molar-refractivity contribution is 5.82. The second-order valence-corrected chi connectivity index (χ2v) is 2.20. The lowest BCUT2D eigenvalue weighted by molar-refractivity contribution is -0.406. The summed E-state index contributed by atoms with van der Waals surface area (Å²) in [5.41, 5.74) is 0. The molecule has 1 unspecified atom stereocenters. The van der Waals surface area contributed by atoms with Crippen LogP contribution in [0.15, 0.2) is 0 Å². The molecule has 8 heavy (non-hydrogen) atoms. The molecule has 2 nitrogen and oxygen atoms in total. The zero-order valence-corrected chi connectivity index (χ0v) is 4.72. The third kappa shape index (κ3) is 1.07. The van der Waals surface area contributed by atoms with Gasteiger partial charge in [0, 0.05) is 6.42 Å². The van der Waals surface area contributed by atoms with Crippen molar-refractivity contribution < 1.29 is 9.90 Å². The van der Waals surface area contributed by atoms with Crippen molar-refractivity contribution in [1.29, 1.82) is 0 Å². The quantitative estimate of drug-likeness (QED) is 0.438. The van der Waals surface area contributed by atoms with Crippen LogP contribution in [0, 0.1) is 0 Å². The van der Waals surface area contributed by atoms with Crippen molar-refractivity contribution in [2.24, 2.45) is 0 Å². The molecule has 46 valence electrons. The van der Waals surface area contributed by atoms with Gasteiger partial charge in [0.2, 0.25) is 0 Å². The molecule has 0 saturated heterocycles. The number of carbonyl (C=O) groups excluding carboxylic acids is 1. The number of Topliss-reactive ketones (excluding diaryl/α,β-unsaturated/α-hetero) is 1. The predicted molar refractivity (Wildman–Crippen MR) is 27.3 cm³/mol. The molecule has 0 aromatic rings. The number of hydrogen-bond donors (Lipinski definition) is 0. The first-order chi connectivity index (χ1) is 3.80. The summed E-state index contributed by atoms with van der Waals surface area (Å²) >= 11 is 0. The van der Waals surface area contributed by atoms with Crippen LogP contribution in [0.4, 0.5) is 0 Å². The summed E-state index contributed by atoms with van der Waals surface area (Å²) in [6.45, 7) is 0. The van der Waals surface area contributed by atoms with Crippen molar-refractivity contribution >= 4 is 5.78 Å². The molecule has 1 aliphatic rings. The van der Waals surface area contributed by atoms with Gasteiger partial charge in [0.1, 0.15) is 5.78 Å². The summed E-state index contributed by atoms with van der Waals surface area (Å²) in [6.07, 6.45) is 2.08. The third-order valence-electron chi connectivity index (χ3n) is 1.50. The highest BCUT2D eigenvalue weighted by Crippen LogP contribution is 2.11. The van der Waals surface area contributed by atoms with Crippen molar-refractivity contribution in [2.75, 3.05) is 0 Å². The van der Waals surface area contributed by atoms with Crippen molar-refractivity contribution in [3.8, 4) is 0 Å². The van der Waals surface area contributed by atoms with Crippen LogP contribution in [0.3, 0.4) is 0 Å². The van der Waals surface area contributed by atoms with Gasteiger partial charge in [0.05, 0.1) is 0 Å². The standard InChI is InChI=1S/C6H9O2/c7-5-3-1-2-4-6(5)8/h5H,1-4H2/q-1. The molecule has 1 atom stereocenters. The molecule has 1 aliphatic carbocycles. The molecule has 0 amide bonds. The van der Waals surface area contributed by atoms with Crippen LogP contribution >= 0.6 is 0 Å². The van der Waals surface area contributed by atoms with Gasteiger partial charge in [-0.25, -0.2) is 0 Å². The van der Waals surface area contributed by atoms with E-state index in [0.29, 0.717) is 12.8 Å². The number of ketones is 1. The fourth-order valence-corrected chi connectivity index (χ4v) is 0.951. The second kappa shape index (κ2) is 2.27. The molecule has 1 saturated carbocycles. The molecule has 0 radical (unpaired) electrons. The van der Waals surface area contributed by atoms with Crippen molar-refractivity contribution in [3.05, 3.63) is 0 Å². The molecular formula is C6H9O2-. The molecule has 0 aromatic carbocycles. The number of hydrogen-bond acceptors (Lipinski definition) is 2. The Balaban J connectivity index is 2.39. The van der Waals surface area contributed by atoms with Crippen LogP contribution in [0.25, 0.3) is 0 Å². The first kappa shape index (κ1) is 5.76. The second-order valence-electron chi connectivity index (χ2n) is 2.20. The zero-order valence-electron chi connectivity index (χ0n) is 4.72. The lowest BCUT2D eigenvalue weighted by Gasteiger charge is -2.24. The van der Waals surface area contributed by atoms with Crippen LogP contribution in [0.1, 0.15) is 25.7 Å². The van der Waals surface area contributed by atoms with E-state index in [4.69, 9.17) is 0 Å². The molecule has 0 aromatic heterocycles. The fraction of sp³-hybridized carbons (Fsp3) is 0.833. The molecule has 0 spiro atoms. The maximum atomic E-state index is 10.5. The lowest BCUT2D eigenvalue weighted by atomic mass is 9.97. The summed E-state index contributed by atoms with van der Waals surface area (Å²) in [4.78, 5) is 10.5. The highest BCUT2D eigenvalue weighted by Gasteiger charge is 2.10. The van der Waals surface area contributed by atoms with Gasteiger partial charge in [-0.2, -0.15) is 0 Å². The highest BCUT2D eigenvalue weighted by atomic mass is 16.3. The van der Waals surface area contributed by atoms with Crippen LogP contribution in [-0.4, -0.2) is 11.9 Å². The smallest absolute Gasteiger partial charge is 0.119 e. The fourth-order valence-electron chi connectivity index (χ4n) is 0.951. The Morgan fingerprint density at radius 2 is 2.25 bits per heavy atom. The Morgan fingerprint density at radius 3 is 2.62 bits per heavy atom. The van der Waals surface area contributed by atoms with Gasteiger partial charge < -0.3 is 9.90 Å². The first-order valence-corrected chi connectivity index (χ1v) is 2.99. The Labute approximate surface area is 48.5 Å². The van der Waals surface area contributed by atoms with E-state index in [2.05, 4.69) is 0 Å². The van der Waals surface area contributed by atoms with Crippen molar-refractivity contribution in [2.45, 2.75) is 31.8 Å². The minimum absolute atomic E-state index is 0.0868. The number of carbonyl (C=O) groups is 1. The van der Waals surface area contributed by atoms with Crippen LogP contribution < -0.4 is 5.11 Å². The average molecular weight is 113 g/mol. The Morgan fingerprint density at radius 1 is 1.50 bits per heavy atom. The molecule has 0 N–H and O–H groups in total. The monoisotopic (exact) mass is 113 g/mol. The van der Waals surface area contributed by atoms with Gasteiger partial charge in [-0.3, -0.25) is 0 Å². The van der Waals surface area contributed by atoms with E-state index in [1.165, 1.54) is 0 Å². The topological polar surface area (TPSA) is 40.1 Å². The summed E-state index contributed by atoms with van der Waals surface area (Å²) in [6, 6.07) is 0. The normalized spacial score (nSPS) is 30.6. The largest absolute Gasteiger partial charge is 0.846 e. The SMILES string of the molecule is O=C1CCCCC1[O-]. The third-order valence-corrected chi connectivity index (χ3v) is 1.50. The maximum absolute atomic E-state index is 10.5. The maximum Gasteiger partial charge on any atom is 0.119 e. The molecule has 0 heterocycles. The van der Waals surface area contributed by atoms with E-state index < -0.39 is 6.10 Å². The van der Waals surface area contributed by atoms with Crippen molar-refractivity contribution in [1.82, 2.24) is 0 Å². The molecular weight excluding hydrogens is 104 g/mol. The van der Waals surface area contributed by atoms with Gasteiger partial charge in [-0.15, -0.1) is 0 Å². The molecule has 0 bridgehead atoms. The average Bonchev–Trinajstić information content (AvgIpc) is 1.77. The predicted octanol–water partition coefficient (Wildman–Crippen LogP) is -0.142. The molecule has 1 rings (SSSR count).